The normalized spacial score (nSPS) is 17.5. The fraction of sp³-hybridized carbons (Fsp3) is 0.538. The number of aliphatic hydroxyl groups is 2. The van der Waals surface area contributed by atoms with Gasteiger partial charge in [0.2, 0.25) is 0 Å². The van der Waals surface area contributed by atoms with Crippen LogP contribution in [-0.2, 0) is 5.60 Å². The van der Waals surface area contributed by atoms with E-state index < -0.39 is 5.60 Å². The maximum absolute atomic E-state index is 10.7. The average molecular weight is 208 g/mol. The van der Waals surface area contributed by atoms with Gasteiger partial charge >= 0.3 is 0 Å². The van der Waals surface area contributed by atoms with E-state index in [-0.39, 0.29) is 18.4 Å². The van der Waals surface area contributed by atoms with E-state index in [1.165, 1.54) is 0 Å². The maximum Gasteiger partial charge on any atom is 0.0966 e. The minimum absolute atomic E-state index is 0.0103. The zero-order valence-corrected chi connectivity index (χ0v) is 9.64. The van der Waals surface area contributed by atoms with Crippen molar-refractivity contribution in [1.82, 2.24) is 0 Å². The van der Waals surface area contributed by atoms with E-state index in [0.717, 1.165) is 5.56 Å². The van der Waals surface area contributed by atoms with Gasteiger partial charge in [0.1, 0.15) is 0 Å². The average Bonchev–Trinajstić information content (AvgIpc) is 2.27. The molecule has 15 heavy (non-hydrogen) atoms. The van der Waals surface area contributed by atoms with Crippen LogP contribution in [0.5, 0.6) is 0 Å². The monoisotopic (exact) mass is 208 g/mol. The molecule has 0 aromatic heterocycles. The smallest absolute Gasteiger partial charge is 0.0966 e. The lowest BCUT2D eigenvalue weighted by Gasteiger charge is -2.37. The lowest BCUT2D eigenvalue weighted by molar-refractivity contribution is -0.0752. The predicted octanol–water partition coefficient (Wildman–Crippen LogP) is 2.16. The number of rotatable bonds is 4. The molecule has 1 aromatic carbocycles. The Bertz CT molecular complexity index is 295. The van der Waals surface area contributed by atoms with Gasteiger partial charge < -0.3 is 10.2 Å². The second-order valence-electron chi connectivity index (χ2n) is 4.43. The Balaban J connectivity index is 3.13. The third-order valence-electron chi connectivity index (χ3n) is 3.14. The molecule has 0 heterocycles. The molecule has 2 heteroatoms. The van der Waals surface area contributed by atoms with Gasteiger partial charge in [-0.15, -0.1) is 0 Å². The van der Waals surface area contributed by atoms with Crippen molar-refractivity contribution in [2.75, 3.05) is 6.61 Å². The Labute approximate surface area is 91.6 Å². The summed E-state index contributed by atoms with van der Waals surface area (Å²) in [7, 11) is 0. The van der Waals surface area contributed by atoms with Crippen LogP contribution >= 0.6 is 0 Å². The molecule has 1 rings (SSSR count). The highest BCUT2D eigenvalue weighted by atomic mass is 16.3. The van der Waals surface area contributed by atoms with Gasteiger partial charge in [0.05, 0.1) is 5.60 Å². The first kappa shape index (κ1) is 12.2. The van der Waals surface area contributed by atoms with Gasteiger partial charge in [-0.05, 0) is 11.5 Å². The van der Waals surface area contributed by atoms with E-state index in [1.54, 1.807) is 0 Å². The van der Waals surface area contributed by atoms with Crippen molar-refractivity contribution in [2.45, 2.75) is 26.4 Å². The minimum atomic E-state index is -0.948. The van der Waals surface area contributed by atoms with Gasteiger partial charge in [-0.1, -0.05) is 51.1 Å². The Morgan fingerprint density at radius 3 is 2.07 bits per heavy atom. The molecular formula is C13H20O2. The molecule has 0 spiro atoms. The maximum atomic E-state index is 10.7. The minimum Gasteiger partial charge on any atom is -0.396 e. The highest BCUT2D eigenvalue weighted by Crippen LogP contribution is 2.36. The molecule has 2 nitrogen and oxygen atoms in total. The van der Waals surface area contributed by atoms with Gasteiger partial charge in [0.25, 0.3) is 0 Å². The molecule has 0 aliphatic rings. The third kappa shape index (κ3) is 2.21. The lowest BCUT2D eigenvalue weighted by Crippen LogP contribution is -2.40. The summed E-state index contributed by atoms with van der Waals surface area (Å²) in [6.07, 6.45) is 0. The zero-order chi connectivity index (χ0) is 11.5. The lowest BCUT2D eigenvalue weighted by atomic mass is 9.75. The van der Waals surface area contributed by atoms with Crippen LogP contribution in [0.4, 0.5) is 0 Å². The molecule has 0 radical (unpaired) electrons. The summed E-state index contributed by atoms with van der Waals surface area (Å²) in [5.74, 6) is -0.0954. The number of aliphatic hydroxyl groups excluding tert-OH is 1. The third-order valence-corrected chi connectivity index (χ3v) is 3.14. The number of hydrogen-bond acceptors (Lipinski definition) is 2. The SMILES string of the molecule is CC(C)[C@@](O)(c1ccccc1)[C@H](C)CO. The summed E-state index contributed by atoms with van der Waals surface area (Å²) >= 11 is 0. The molecule has 0 aliphatic carbocycles. The number of benzene rings is 1. The first-order valence-electron chi connectivity index (χ1n) is 5.42. The molecule has 2 N–H and O–H groups in total. The second-order valence-corrected chi connectivity index (χ2v) is 4.43. The highest BCUT2D eigenvalue weighted by molar-refractivity contribution is 5.23. The number of hydrogen-bond donors (Lipinski definition) is 2. The molecule has 0 amide bonds. The molecule has 0 fully saturated rings. The standard InChI is InChI=1S/C13H20O2/c1-10(2)13(15,11(3)9-14)12-7-5-4-6-8-12/h4-8,10-11,14-15H,9H2,1-3H3/t11-,13+/m1/s1. The summed E-state index contributed by atoms with van der Waals surface area (Å²) < 4.78 is 0. The fourth-order valence-corrected chi connectivity index (χ4v) is 2.03. The summed E-state index contributed by atoms with van der Waals surface area (Å²) in [5.41, 5.74) is -0.0720. The van der Waals surface area contributed by atoms with E-state index in [9.17, 15) is 10.2 Å². The predicted molar refractivity (Wildman–Crippen MR) is 61.4 cm³/mol. The summed E-state index contributed by atoms with van der Waals surface area (Å²) in [6, 6.07) is 9.56. The summed E-state index contributed by atoms with van der Waals surface area (Å²) in [4.78, 5) is 0. The molecule has 0 bridgehead atoms. The van der Waals surface area contributed by atoms with Crippen molar-refractivity contribution in [1.29, 1.82) is 0 Å². The van der Waals surface area contributed by atoms with E-state index in [4.69, 9.17) is 0 Å². The Morgan fingerprint density at radius 2 is 1.67 bits per heavy atom. The summed E-state index contributed by atoms with van der Waals surface area (Å²) in [5, 5.41) is 19.9. The van der Waals surface area contributed by atoms with Crippen LogP contribution in [0.15, 0.2) is 30.3 Å². The first-order chi connectivity index (χ1) is 7.03. The second kappa shape index (κ2) is 4.77. The molecule has 0 saturated carbocycles. The molecule has 2 atom stereocenters. The van der Waals surface area contributed by atoms with Crippen molar-refractivity contribution in [2.24, 2.45) is 11.8 Å². The van der Waals surface area contributed by atoms with Crippen LogP contribution < -0.4 is 0 Å². The Kier molecular flexibility index (Phi) is 3.89. The van der Waals surface area contributed by atoms with Crippen LogP contribution in [0.2, 0.25) is 0 Å². The zero-order valence-electron chi connectivity index (χ0n) is 9.64. The molecule has 1 aromatic rings. The van der Waals surface area contributed by atoms with Crippen LogP contribution in [0.25, 0.3) is 0 Å². The van der Waals surface area contributed by atoms with Crippen molar-refractivity contribution in [3.8, 4) is 0 Å². The fourth-order valence-electron chi connectivity index (χ4n) is 2.03. The molecule has 84 valence electrons. The molecule has 0 unspecified atom stereocenters. The first-order valence-corrected chi connectivity index (χ1v) is 5.42. The van der Waals surface area contributed by atoms with E-state index in [2.05, 4.69) is 0 Å². The molecule has 0 saturated heterocycles. The molecule has 0 aliphatic heterocycles. The quantitative estimate of drug-likeness (QED) is 0.796. The van der Waals surface area contributed by atoms with Crippen molar-refractivity contribution >= 4 is 0 Å². The Morgan fingerprint density at radius 1 is 1.13 bits per heavy atom. The Hall–Kier alpha value is -0.860. The van der Waals surface area contributed by atoms with Gasteiger partial charge in [-0.2, -0.15) is 0 Å². The largest absolute Gasteiger partial charge is 0.396 e. The van der Waals surface area contributed by atoms with Crippen LogP contribution in [0, 0.1) is 11.8 Å². The van der Waals surface area contributed by atoms with E-state index >= 15 is 0 Å². The van der Waals surface area contributed by atoms with Crippen LogP contribution in [0.1, 0.15) is 26.3 Å². The molecular weight excluding hydrogens is 188 g/mol. The van der Waals surface area contributed by atoms with Gasteiger partial charge in [-0.3, -0.25) is 0 Å². The van der Waals surface area contributed by atoms with E-state index in [0.29, 0.717) is 0 Å². The van der Waals surface area contributed by atoms with Gasteiger partial charge in [0.15, 0.2) is 0 Å². The van der Waals surface area contributed by atoms with E-state index in [1.807, 2.05) is 51.1 Å². The highest BCUT2D eigenvalue weighted by Gasteiger charge is 2.38. The van der Waals surface area contributed by atoms with Crippen molar-refractivity contribution in [3.63, 3.8) is 0 Å². The van der Waals surface area contributed by atoms with Crippen molar-refractivity contribution < 1.29 is 10.2 Å². The van der Waals surface area contributed by atoms with Crippen LogP contribution in [-0.4, -0.2) is 16.8 Å². The summed E-state index contributed by atoms with van der Waals surface area (Å²) in [6.45, 7) is 5.80. The topological polar surface area (TPSA) is 40.5 Å². The van der Waals surface area contributed by atoms with Gasteiger partial charge in [-0.25, -0.2) is 0 Å². The van der Waals surface area contributed by atoms with Crippen LogP contribution in [0.3, 0.4) is 0 Å². The van der Waals surface area contributed by atoms with Crippen molar-refractivity contribution in [3.05, 3.63) is 35.9 Å². The van der Waals surface area contributed by atoms with Gasteiger partial charge in [0, 0.05) is 12.5 Å².